The maximum absolute atomic E-state index is 12.9. The summed E-state index contributed by atoms with van der Waals surface area (Å²) >= 11 is 3.19. The maximum atomic E-state index is 12.9. The molecule has 0 fully saturated rings. The van der Waals surface area contributed by atoms with Gasteiger partial charge in [0.2, 0.25) is 0 Å². The van der Waals surface area contributed by atoms with Crippen LogP contribution in [0.2, 0.25) is 0 Å². The summed E-state index contributed by atoms with van der Waals surface area (Å²) in [5, 5.41) is 10.8. The van der Waals surface area contributed by atoms with Crippen LogP contribution in [0.1, 0.15) is 34.4 Å². The Morgan fingerprint density at radius 3 is 2.96 bits per heavy atom. The van der Waals surface area contributed by atoms with Crippen LogP contribution in [0.4, 0.5) is 0 Å². The minimum Gasteiger partial charge on any atom is -0.290 e. The molecule has 4 rings (SSSR count). The molecule has 2 heterocycles. The van der Waals surface area contributed by atoms with Crippen molar-refractivity contribution < 1.29 is 0 Å². The van der Waals surface area contributed by atoms with Gasteiger partial charge in [-0.1, -0.05) is 30.0 Å². The van der Waals surface area contributed by atoms with Gasteiger partial charge in [-0.3, -0.25) is 9.36 Å². The van der Waals surface area contributed by atoms with E-state index in [4.69, 9.17) is 4.98 Å². The molecule has 25 heavy (non-hydrogen) atoms. The van der Waals surface area contributed by atoms with Crippen molar-refractivity contribution in [3.8, 4) is 6.07 Å². The smallest absolute Gasteiger partial charge is 0.262 e. The minimum atomic E-state index is 0.0560. The Balaban J connectivity index is 1.72. The van der Waals surface area contributed by atoms with Gasteiger partial charge in [0.25, 0.3) is 5.56 Å². The van der Waals surface area contributed by atoms with Crippen molar-refractivity contribution in [1.82, 2.24) is 9.55 Å². The van der Waals surface area contributed by atoms with Crippen LogP contribution in [0.5, 0.6) is 0 Å². The van der Waals surface area contributed by atoms with Crippen LogP contribution in [0.3, 0.4) is 0 Å². The molecule has 1 aliphatic rings. The largest absolute Gasteiger partial charge is 0.290 e. The first-order valence-electron chi connectivity index (χ1n) is 8.31. The van der Waals surface area contributed by atoms with Gasteiger partial charge in [0.15, 0.2) is 5.16 Å². The van der Waals surface area contributed by atoms with E-state index in [0.29, 0.717) is 16.5 Å². The number of rotatable bonds is 3. The summed E-state index contributed by atoms with van der Waals surface area (Å²) in [6, 6.07) is 9.78. The number of benzene rings is 1. The zero-order chi connectivity index (χ0) is 17.4. The molecule has 0 bridgehead atoms. The molecule has 0 aliphatic heterocycles. The van der Waals surface area contributed by atoms with Gasteiger partial charge in [-0.25, -0.2) is 4.98 Å². The fourth-order valence-corrected chi connectivity index (χ4v) is 5.57. The average Bonchev–Trinajstić information content (AvgIpc) is 3.02. The van der Waals surface area contributed by atoms with Crippen molar-refractivity contribution in [1.29, 1.82) is 5.26 Å². The molecule has 3 aromatic rings. The van der Waals surface area contributed by atoms with Crippen LogP contribution in [0.15, 0.2) is 34.2 Å². The molecular weight excluding hydrogens is 350 g/mol. The van der Waals surface area contributed by atoms with E-state index in [2.05, 4.69) is 6.07 Å². The lowest BCUT2D eigenvalue weighted by atomic mass is 9.97. The highest BCUT2D eigenvalue weighted by molar-refractivity contribution is 7.98. The Labute approximate surface area is 154 Å². The van der Waals surface area contributed by atoms with E-state index in [-0.39, 0.29) is 5.56 Å². The number of hydrogen-bond donors (Lipinski definition) is 0. The van der Waals surface area contributed by atoms with Gasteiger partial charge in [0.05, 0.1) is 17.0 Å². The number of thioether (sulfide) groups is 1. The summed E-state index contributed by atoms with van der Waals surface area (Å²) in [6.07, 6.45) is 4.42. The SMILES string of the molecule is Cn1c(SCc2ccccc2C#N)nc2sc3c(c2c1=O)CCCC3. The summed E-state index contributed by atoms with van der Waals surface area (Å²) in [4.78, 5) is 19.9. The lowest BCUT2D eigenvalue weighted by Gasteiger charge is -2.11. The number of aromatic nitrogens is 2. The Morgan fingerprint density at radius 1 is 1.32 bits per heavy atom. The maximum Gasteiger partial charge on any atom is 0.262 e. The van der Waals surface area contributed by atoms with Crippen molar-refractivity contribution in [2.24, 2.45) is 7.05 Å². The Hall–Kier alpha value is -2.10. The van der Waals surface area contributed by atoms with Crippen LogP contribution < -0.4 is 5.56 Å². The fourth-order valence-electron chi connectivity index (χ4n) is 3.29. The minimum absolute atomic E-state index is 0.0560. The second-order valence-corrected chi connectivity index (χ2v) is 8.23. The van der Waals surface area contributed by atoms with E-state index in [0.717, 1.165) is 35.0 Å². The molecule has 0 amide bonds. The summed E-state index contributed by atoms with van der Waals surface area (Å²) in [6.45, 7) is 0. The van der Waals surface area contributed by atoms with Crippen molar-refractivity contribution in [2.45, 2.75) is 36.6 Å². The number of aryl methyl sites for hydroxylation is 2. The molecule has 0 radical (unpaired) electrons. The summed E-state index contributed by atoms with van der Waals surface area (Å²) in [5.41, 5.74) is 2.92. The number of hydrogen-bond acceptors (Lipinski definition) is 5. The quantitative estimate of drug-likeness (QED) is 0.518. The van der Waals surface area contributed by atoms with Gasteiger partial charge in [-0.2, -0.15) is 5.26 Å². The van der Waals surface area contributed by atoms with E-state index in [1.807, 2.05) is 24.3 Å². The monoisotopic (exact) mass is 367 g/mol. The Bertz CT molecular complexity index is 1060. The Kier molecular flexibility index (Phi) is 4.36. The molecule has 1 aliphatic carbocycles. The van der Waals surface area contributed by atoms with Crippen LogP contribution in [0, 0.1) is 11.3 Å². The number of fused-ring (bicyclic) bond motifs is 3. The molecule has 0 atom stereocenters. The molecule has 0 saturated heterocycles. The summed E-state index contributed by atoms with van der Waals surface area (Å²) in [7, 11) is 1.79. The lowest BCUT2D eigenvalue weighted by Crippen LogP contribution is -2.20. The van der Waals surface area contributed by atoms with Crippen molar-refractivity contribution >= 4 is 33.3 Å². The van der Waals surface area contributed by atoms with E-state index in [1.54, 1.807) is 23.0 Å². The lowest BCUT2D eigenvalue weighted by molar-refractivity contribution is 0.695. The molecule has 0 saturated carbocycles. The molecule has 126 valence electrons. The molecule has 1 aromatic carbocycles. The van der Waals surface area contributed by atoms with Gasteiger partial charge in [0, 0.05) is 17.7 Å². The third-order valence-corrected chi connectivity index (χ3v) is 6.91. The van der Waals surface area contributed by atoms with Crippen molar-refractivity contribution in [3.63, 3.8) is 0 Å². The number of thiophene rings is 1. The molecule has 0 spiro atoms. The topological polar surface area (TPSA) is 58.7 Å². The number of nitrogens with zero attached hydrogens (tertiary/aromatic N) is 3. The van der Waals surface area contributed by atoms with Crippen molar-refractivity contribution in [3.05, 3.63) is 56.2 Å². The number of nitriles is 1. The van der Waals surface area contributed by atoms with Gasteiger partial charge in [-0.05, 0) is 42.9 Å². The van der Waals surface area contributed by atoms with Crippen LogP contribution in [-0.2, 0) is 25.6 Å². The molecule has 4 nitrogen and oxygen atoms in total. The third kappa shape index (κ3) is 2.88. The highest BCUT2D eigenvalue weighted by atomic mass is 32.2. The van der Waals surface area contributed by atoms with Crippen LogP contribution in [-0.4, -0.2) is 9.55 Å². The highest BCUT2D eigenvalue weighted by Crippen LogP contribution is 2.34. The third-order valence-electron chi connectivity index (χ3n) is 4.65. The average molecular weight is 367 g/mol. The van der Waals surface area contributed by atoms with Gasteiger partial charge >= 0.3 is 0 Å². The van der Waals surface area contributed by atoms with Gasteiger partial charge in [0.1, 0.15) is 4.83 Å². The highest BCUT2D eigenvalue weighted by Gasteiger charge is 2.21. The van der Waals surface area contributed by atoms with Crippen LogP contribution in [0.25, 0.3) is 10.2 Å². The predicted octanol–water partition coefficient (Wildman–Crippen LogP) is 4.04. The first kappa shape index (κ1) is 16.4. The Morgan fingerprint density at radius 2 is 2.12 bits per heavy atom. The van der Waals surface area contributed by atoms with Gasteiger partial charge < -0.3 is 0 Å². The first-order valence-corrected chi connectivity index (χ1v) is 10.1. The second-order valence-electron chi connectivity index (χ2n) is 6.21. The molecule has 0 unspecified atom stereocenters. The van der Waals surface area contributed by atoms with E-state index in [9.17, 15) is 10.1 Å². The second kappa shape index (κ2) is 6.66. The molecule has 2 aromatic heterocycles. The van der Waals surface area contributed by atoms with Crippen molar-refractivity contribution in [2.75, 3.05) is 0 Å². The standard InChI is InChI=1S/C19H17N3OS2/c1-22-18(23)16-14-8-4-5-9-15(14)25-17(16)21-19(22)24-11-13-7-3-2-6-12(13)10-20/h2-3,6-7H,4-5,8-9,11H2,1H3. The van der Waals surface area contributed by atoms with E-state index < -0.39 is 0 Å². The predicted molar refractivity (Wildman–Crippen MR) is 102 cm³/mol. The fraction of sp³-hybridized carbons (Fsp3) is 0.316. The first-order chi connectivity index (χ1) is 12.2. The molecular formula is C19H17N3OS2. The van der Waals surface area contributed by atoms with Gasteiger partial charge in [-0.15, -0.1) is 11.3 Å². The zero-order valence-electron chi connectivity index (χ0n) is 13.9. The van der Waals surface area contributed by atoms with Crippen LogP contribution >= 0.6 is 23.1 Å². The van der Waals surface area contributed by atoms with E-state index in [1.165, 1.54) is 28.6 Å². The zero-order valence-corrected chi connectivity index (χ0v) is 15.5. The molecule has 0 N–H and O–H groups in total. The summed E-state index contributed by atoms with van der Waals surface area (Å²) in [5.74, 6) is 0.626. The molecule has 6 heteroatoms. The normalized spacial score (nSPS) is 13.6. The summed E-state index contributed by atoms with van der Waals surface area (Å²) < 4.78 is 1.66. The van der Waals surface area contributed by atoms with E-state index >= 15 is 0 Å².